The van der Waals surface area contributed by atoms with E-state index in [1.165, 1.54) is 0 Å². The number of halogens is 1. The Hall–Kier alpha value is -2.57. The van der Waals surface area contributed by atoms with Gasteiger partial charge in [0.2, 0.25) is 0 Å². The molecule has 1 aliphatic heterocycles. The summed E-state index contributed by atoms with van der Waals surface area (Å²) in [5, 5.41) is 20.8. The SMILES string of the molecule is CN1C[C@@H](N(Cc2ccccc2C#N)c2ccc(C#N)c(Cl)c2)CCO1. The normalized spacial score (nSPS) is 17.3. The average molecular weight is 367 g/mol. The number of rotatable bonds is 4. The number of nitrogens with zero attached hydrogens (tertiary/aromatic N) is 4. The maximum Gasteiger partial charge on any atom is 0.101 e. The lowest BCUT2D eigenvalue weighted by Crippen LogP contribution is -2.47. The molecule has 3 rings (SSSR count). The molecule has 0 aliphatic carbocycles. The van der Waals surface area contributed by atoms with E-state index in [9.17, 15) is 5.26 Å². The minimum absolute atomic E-state index is 0.213. The van der Waals surface area contributed by atoms with Gasteiger partial charge in [-0.05, 0) is 36.2 Å². The maximum atomic E-state index is 9.41. The Morgan fingerprint density at radius 2 is 1.96 bits per heavy atom. The van der Waals surface area contributed by atoms with Gasteiger partial charge in [0, 0.05) is 31.9 Å². The average Bonchev–Trinajstić information content (AvgIpc) is 2.66. The first-order valence-electron chi connectivity index (χ1n) is 8.40. The van der Waals surface area contributed by atoms with Crippen molar-refractivity contribution < 1.29 is 4.84 Å². The maximum absolute atomic E-state index is 9.41. The highest BCUT2D eigenvalue weighted by molar-refractivity contribution is 6.32. The molecule has 0 bridgehead atoms. The fourth-order valence-electron chi connectivity index (χ4n) is 3.20. The van der Waals surface area contributed by atoms with Crippen LogP contribution in [0.3, 0.4) is 0 Å². The van der Waals surface area contributed by atoms with E-state index < -0.39 is 0 Å². The van der Waals surface area contributed by atoms with E-state index in [-0.39, 0.29) is 6.04 Å². The third-order valence-electron chi connectivity index (χ3n) is 4.55. The van der Waals surface area contributed by atoms with Crippen LogP contribution in [0.5, 0.6) is 0 Å². The zero-order chi connectivity index (χ0) is 18.5. The number of likely N-dealkylation sites (N-methyl/N-ethyl adjacent to an activating group) is 1. The van der Waals surface area contributed by atoms with Crippen LogP contribution in [0.4, 0.5) is 5.69 Å². The molecule has 0 saturated carbocycles. The molecule has 2 aromatic carbocycles. The number of hydroxylamine groups is 2. The van der Waals surface area contributed by atoms with Gasteiger partial charge >= 0.3 is 0 Å². The lowest BCUT2D eigenvalue weighted by Gasteiger charge is -2.39. The van der Waals surface area contributed by atoms with Gasteiger partial charge in [0.05, 0.1) is 28.8 Å². The zero-order valence-corrected chi connectivity index (χ0v) is 15.3. The summed E-state index contributed by atoms with van der Waals surface area (Å²) in [7, 11) is 1.92. The molecule has 1 fully saturated rings. The molecule has 132 valence electrons. The van der Waals surface area contributed by atoms with Gasteiger partial charge in [-0.25, -0.2) is 0 Å². The Kier molecular flexibility index (Phi) is 5.75. The number of benzene rings is 2. The molecule has 1 aliphatic rings. The van der Waals surface area contributed by atoms with Crippen molar-refractivity contribution in [1.29, 1.82) is 10.5 Å². The molecule has 0 radical (unpaired) electrons. The Bertz CT molecular complexity index is 871. The summed E-state index contributed by atoms with van der Waals surface area (Å²) in [4.78, 5) is 7.77. The van der Waals surface area contributed by atoms with E-state index >= 15 is 0 Å². The van der Waals surface area contributed by atoms with E-state index in [1.54, 1.807) is 6.07 Å². The molecule has 0 unspecified atom stereocenters. The molecular weight excluding hydrogens is 348 g/mol. The molecule has 1 atom stereocenters. The highest BCUT2D eigenvalue weighted by atomic mass is 35.5. The smallest absolute Gasteiger partial charge is 0.101 e. The van der Waals surface area contributed by atoms with Crippen molar-refractivity contribution >= 4 is 17.3 Å². The van der Waals surface area contributed by atoms with E-state index in [0.717, 1.165) is 24.2 Å². The van der Waals surface area contributed by atoms with Crippen molar-refractivity contribution in [2.75, 3.05) is 25.1 Å². The standard InChI is InChI=1S/C20H19ClN4O/c1-24-14-19(8-9-26-24)25(13-17-5-3-2-4-15(17)11-22)18-7-6-16(12-23)20(21)10-18/h2-7,10,19H,8-9,13-14H2,1H3/t19-/m0/s1. The number of hydrogen-bond donors (Lipinski definition) is 0. The number of hydrogen-bond acceptors (Lipinski definition) is 5. The van der Waals surface area contributed by atoms with Crippen LogP contribution in [0.15, 0.2) is 42.5 Å². The molecule has 26 heavy (non-hydrogen) atoms. The third kappa shape index (κ3) is 3.98. The van der Waals surface area contributed by atoms with Crippen LogP contribution in [-0.4, -0.2) is 31.3 Å². The molecule has 5 nitrogen and oxygen atoms in total. The van der Waals surface area contributed by atoms with Crippen LogP contribution in [-0.2, 0) is 11.4 Å². The van der Waals surface area contributed by atoms with Gasteiger partial charge in [-0.2, -0.15) is 15.6 Å². The van der Waals surface area contributed by atoms with E-state index in [2.05, 4.69) is 17.0 Å². The minimum Gasteiger partial charge on any atom is -0.363 e. The molecular formula is C20H19ClN4O. The lowest BCUT2D eigenvalue weighted by molar-refractivity contribution is -0.166. The quantitative estimate of drug-likeness (QED) is 0.825. The summed E-state index contributed by atoms with van der Waals surface area (Å²) in [6.45, 7) is 1.97. The highest BCUT2D eigenvalue weighted by Crippen LogP contribution is 2.29. The van der Waals surface area contributed by atoms with Crippen LogP contribution in [0, 0.1) is 22.7 Å². The second-order valence-corrected chi connectivity index (χ2v) is 6.67. The van der Waals surface area contributed by atoms with Gasteiger partial charge in [0.15, 0.2) is 0 Å². The van der Waals surface area contributed by atoms with Gasteiger partial charge in [-0.15, -0.1) is 0 Å². The Morgan fingerprint density at radius 1 is 1.19 bits per heavy atom. The Labute approximate surface area is 158 Å². The Morgan fingerprint density at radius 3 is 2.65 bits per heavy atom. The molecule has 1 saturated heterocycles. The third-order valence-corrected chi connectivity index (χ3v) is 4.87. The first-order chi connectivity index (χ1) is 12.6. The predicted octanol–water partition coefficient (Wildman–Crippen LogP) is 3.73. The predicted molar refractivity (Wildman–Crippen MR) is 100 cm³/mol. The largest absolute Gasteiger partial charge is 0.363 e. The van der Waals surface area contributed by atoms with Crippen molar-refractivity contribution in [2.24, 2.45) is 0 Å². The number of anilines is 1. The molecule has 0 spiro atoms. The second kappa shape index (κ2) is 8.21. The van der Waals surface area contributed by atoms with Gasteiger partial charge in [0.1, 0.15) is 6.07 Å². The molecule has 0 N–H and O–H groups in total. The molecule has 0 amide bonds. The Balaban J connectivity index is 1.98. The highest BCUT2D eigenvalue weighted by Gasteiger charge is 2.26. The van der Waals surface area contributed by atoms with Crippen molar-refractivity contribution in [3.05, 3.63) is 64.2 Å². The molecule has 1 heterocycles. The fourth-order valence-corrected chi connectivity index (χ4v) is 3.41. The summed E-state index contributed by atoms with van der Waals surface area (Å²) >= 11 is 6.27. The van der Waals surface area contributed by atoms with Gasteiger partial charge in [-0.1, -0.05) is 29.8 Å². The first-order valence-corrected chi connectivity index (χ1v) is 8.78. The summed E-state index contributed by atoms with van der Waals surface area (Å²) in [5.74, 6) is 0. The molecule has 6 heteroatoms. The van der Waals surface area contributed by atoms with Crippen LogP contribution >= 0.6 is 11.6 Å². The fraction of sp³-hybridized carbons (Fsp3) is 0.300. The van der Waals surface area contributed by atoms with Gasteiger partial charge < -0.3 is 4.90 Å². The summed E-state index contributed by atoms with van der Waals surface area (Å²) in [6.07, 6.45) is 0.872. The molecule has 2 aromatic rings. The van der Waals surface area contributed by atoms with Crippen LogP contribution < -0.4 is 4.90 Å². The van der Waals surface area contributed by atoms with Crippen molar-refractivity contribution in [3.8, 4) is 12.1 Å². The van der Waals surface area contributed by atoms with Crippen LogP contribution in [0.2, 0.25) is 5.02 Å². The van der Waals surface area contributed by atoms with Crippen LogP contribution in [0.25, 0.3) is 0 Å². The lowest BCUT2D eigenvalue weighted by atomic mass is 10.0. The van der Waals surface area contributed by atoms with E-state index in [0.29, 0.717) is 29.3 Å². The zero-order valence-electron chi connectivity index (χ0n) is 14.5. The molecule has 0 aromatic heterocycles. The van der Waals surface area contributed by atoms with Crippen molar-refractivity contribution in [3.63, 3.8) is 0 Å². The minimum atomic E-state index is 0.213. The van der Waals surface area contributed by atoms with E-state index in [4.69, 9.17) is 21.7 Å². The topological polar surface area (TPSA) is 63.3 Å². The summed E-state index contributed by atoms with van der Waals surface area (Å²) in [5.41, 5.74) is 3.02. The van der Waals surface area contributed by atoms with Crippen molar-refractivity contribution in [2.45, 2.75) is 19.0 Å². The monoisotopic (exact) mass is 366 g/mol. The van der Waals surface area contributed by atoms with Crippen molar-refractivity contribution in [1.82, 2.24) is 5.06 Å². The van der Waals surface area contributed by atoms with Gasteiger partial charge in [0.25, 0.3) is 0 Å². The van der Waals surface area contributed by atoms with Crippen LogP contribution in [0.1, 0.15) is 23.1 Å². The summed E-state index contributed by atoms with van der Waals surface area (Å²) in [6, 6.07) is 17.7. The number of nitriles is 2. The second-order valence-electron chi connectivity index (χ2n) is 6.26. The first kappa shape index (κ1) is 18.2. The van der Waals surface area contributed by atoms with Gasteiger partial charge in [-0.3, -0.25) is 4.84 Å². The van der Waals surface area contributed by atoms with E-state index in [1.807, 2.05) is 48.5 Å². The summed E-state index contributed by atoms with van der Waals surface area (Å²) < 4.78 is 0.